The molecule has 2 aromatic rings. The number of carboxylic acids is 2. The third-order valence-corrected chi connectivity index (χ3v) is 4.89. The molecule has 0 aliphatic heterocycles. The van der Waals surface area contributed by atoms with Gasteiger partial charge < -0.3 is 10.2 Å². The summed E-state index contributed by atoms with van der Waals surface area (Å²) in [5.41, 5.74) is 4.04. The van der Waals surface area contributed by atoms with Gasteiger partial charge in [-0.15, -0.1) is 0 Å². The minimum atomic E-state index is -0.822. The summed E-state index contributed by atoms with van der Waals surface area (Å²) >= 11 is 0. The van der Waals surface area contributed by atoms with Crippen molar-refractivity contribution in [2.45, 2.75) is 51.4 Å². The molecule has 0 amide bonds. The van der Waals surface area contributed by atoms with Crippen LogP contribution in [-0.2, 0) is 22.4 Å². The van der Waals surface area contributed by atoms with E-state index in [9.17, 15) is 9.59 Å². The quantitative estimate of drug-likeness (QED) is 0.688. The van der Waals surface area contributed by atoms with Crippen LogP contribution < -0.4 is 0 Å². The van der Waals surface area contributed by atoms with Crippen LogP contribution in [0.1, 0.15) is 60.8 Å². The number of carboxylic acid groups (broad SMARTS) is 2. The number of aliphatic carboxylic acids is 2. The summed E-state index contributed by atoms with van der Waals surface area (Å²) in [5.74, 6) is -0.969. The molecule has 0 aliphatic rings. The van der Waals surface area contributed by atoms with Crippen LogP contribution in [0.4, 0.5) is 0 Å². The summed E-state index contributed by atoms with van der Waals surface area (Å²) in [7, 11) is 0. The summed E-state index contributed by atoms with van der Waals surface area (Å²) < 4.78 is 0. The lowest BCUT2D eigenvalue weighted by Gasteiger charge is -2.26. The summed E-state index contributed by atoms with van der Waals surface area (Å²) in [6, 6.07) is 15.7. The number of benzene rings is 2. The maximum Gasteiger partial charge on any atom is 0.307 e. The minimum Gasteiger partial charge on any atom is -0.481 e. The number of rotatable bonds is 9. The van der Waals surface area contributed by atoms with Gasteiger partial charge >= 0.3 is 11.9 Å². The lowest BCUT2D eigenvalue weighted by Crippen LogP contribution is -2.11. The predicted octanol–water partition coefficient (Wildman–Crippen LogP) is 4.63. The van der Waals surface area contributed by atoms with E-state index >= 15 is 0 Å². The molecule has 26 heavy (non-hydrogen) atoms. The van der Waals surface area contributed by atoms with Crippen molar-refractivity contribution in [3.8, 4) is 0 Å². The third-order valence-electron chi connectivity index (χ3n) is 4.89. The second kappa shape index (κ2) is 9.18. The molecule has 0 spiro atoms. The molecule has 2 rings (SSSR count). The van der Waals surface area contributed by atoms with Gasteiger partial charge in [0.05, 0.1) is 12.8 Å². The van der Waals surface area contributed by atoms with E-state index in [4.69, 9.17) is 10.2 Å². The van der Waals surface area contributed by atoms with Crippen molar-refractivity contribution in [2.75, 3.05) is 0 Å². The van der Waals surface area contributed by atoms with Crippen LogP contribution in [0, 0.1) is 0 Å². The Morgan fingerprint density at radius 1 is 0.692 bits per heavy atom. The molecule has 4 nitrogen and oxygen atoms in total. The molecule has 0 aromatic heterocycles. The van der Waals surface area contributed by atoms with Gasteiger partial charge in [0.25, 0.3) is 0 Å². The molecule has 0 heterocycles. The molecule has 0 saturated carbocycles. The first kappa shape index (κ1) is 19.7. The first-order chi connectivity index (χ1) is 12.4. The molecule has 4 heteroatoms. The van der Waals surface area contributed by atoms with Crippen molar-refractivity contribution < 1.29 is 19.8 Å². The normalized spacial score (nSPS) is 13.2. The molecule has 0 bridgehead atoms. The van der Waals surface area contributed by atoms with Gasteiger partial charge in [-0.1, -0.05) is 62.4 Å². The summed E-state index contributed by atoms with van der Waals surface area (Å²) in [4.78, 5) is 21.7. The largest absolute Gasteiger partial charge is 0.481 e. The van der Waals surface area contributed by atoms with Gasteiger partial charge in [0, 0.05) is 0 Å². The maximum atomic E-state index is 10.8. The topological polar surface area (TPSA) is 74.6 Å². The number of hydrogen-bond donors (Lipinski definition) is 2. The molecule has 0 radical (unpaired) electrons. The lowest BCUT2D eigenvalue weighted by molar-refractivity contribution is -0.137. The highest BCUT2D eigenvalue weighted by Crippen LogP contribution is 2.38. The summed E-state index contributed by atoms with van der Waals surface area (Å²) in [5, 5.41) is 17.8. The molecule has 2 N–H and O–H groups in total. The Hall–Kier alpha value is -2.62. The van der Waals surface area contributed by atoms with Crippen LogP contribution in [-0.4, -0.2) is 22.2 Å². The smallest absolute Gasteiger partial charge is 0.307 e. The molecule has 2 aromatic carbocycles. The van der Waals surface area contributed by atoms with E-state index in [1.807, 2.05) is 48.5 Å². The van der Waals surface area contributed by atoms with Gasteiger partial charge in [-0.05, 0) is 46.9 Å². The zero-order valence-electron chi connectivity index (χ0n) is 15.3. The van der Waals surface area contributed by atoms with Crippen LogP contribution in [0.25, 0.3) is 0 Å². The standard InChI is InChI=1S/C22H26O4/c1-3-19(17-9-5-15(6-10-17)13-21(23)24)20(4-2)18-11-7-16(8-12-18)14-22(25)26/h5-12,19-20H,3-4,13-14H2,1-2H3,(H,23,24)(H,25,26). The fourth-order valence-corrected chi connectivity index (χ4v) is 3.62. The Bertz CT molecular complexity index is 666. The van der Waals surface area contributed by atoms with Crippen LogP contribution in [0.3, 0.4) is 0 Å². The van der Waals surface area contributed by atoms with E-state index in [0.717, 1.165) is 24.0 Å². The SMILES string of the molecule is CCC(c1ccc(CC(=O)O)cc1)C(CC)c1ccc(CC(=O)O)cc1. The average molecular weight is 354 g/mol. The lowest BCUT2D eigenvalue weighted by atomic mass is 9.78. The van der Waals surface area contributed by atoms with Crippen molar-refractivity contribution in [1.29, 1.82) is 0 Å². The Kier molecular flexibility index (Phi) is 6.96. The molecular weight excluding hydrogens is 328 g/mol. The Morgan fingerprint density at radius 3 is 1.23 bits per heavy atom. The monoisotopic (exact) mass is 354 g/mol. The average Bonchev–Trinajstić information content (AvgIpc) is 2.60. The first-order valence-corrected chi connectivity index (χ1v) is 9.05. The minimum absolute atomic E-state index is 0.0410. The van der Waals surface area contributed by atoms with Crippen molar-refractivity contribution in [3.63, 3.8) is 0 Å². The van der Waals surface area contributed by atoms with Gasteiger partial charge in [0.1, 0.15) is 0 Å². The van der Waals surface area contributed by atoms with E-state index in [0.29, 0.717) is 11.8 Å². The van der Waals surface area contributed by atoms with Crippen molar-refractivity contribution in [2.24, 2.45) is 0 Å². The van der Waals surface area contributed by atoms with E-state index < -0.39 is 11.9 Å². The highest BCUT2D eigenvalue weighted by atomic mass is 16.4. The maximum absolute atomic E-state index is 10.8. The van der Waals surface area contributed by atoms with Gasteiger partial charge in [-0.2, -0.15) is 0 Å². The van der Waals surface area contributed by atoms with Gasteiger partial charge in [0.2, 0.25) is 0 Å². The fraction of sp³-hybridized carbons (Fsp3) is 0.364. The summed E-state index contributed by atoms with van der Waals surface area (Å²) in [6.07, 6.45) is 2.04. The highest BCUT2D eigenvalue weighted by Gasteiger charge is 2.22. The first-order valence-electron chi connectivity index (χ1n) is 9.05. The zero-order valence-corrected chi connectivity index (χ0v) is 15.3. The molecular formula is C22H26O4. The van der Waals surface area contributed by atoms with Crippen LogP contribution >= 0.6 is 0 Å². The van der Waals surface area contributed by atoms with Crippen LogP contribution in [0.15, 0.2) is 48.5 Å². The molecule has 2 unspecified atom stereocenters. The predicted molar refractivity (Wildman–Crippen MR) is 102 cm³/mol. The van der Waals surface area contributed by atoms with E-state index in [-0.39, 0.29) is 12.8 Å². The molecule has 2 atom stereocenters. The zero-order chi connectivity index (χ0) is 19.1. The molecule has 0 saturated heterocycles. The van der Waals surface area contributed by atoms with E-state index in [2.05, 4.69) is 13.8 Å². The van der Waals surface area contributed by atoms with Crippen molar-refractivity contribution in [3.05, 3.63) is 70.8 Å². The van der Waals surface area contributed by atoms with E-state index in [1.165, 1.54) is 11.1 Å². The molecule has 0 aliphatic carbocycles. The highest BCUT2D eigenvalue weighted by molar-refractivity contribution is 5.70. The van der Waals surface area contributed by atoms with E-state index in [1.54, 1.807) is 0 Å². The number of hydrogen-bond acceptors (Lipinski definition) is 2. The Balaban J connectivity index is 2.22. The second-order valence-electron chi connectivity index (χ2n) is 6.65. The Labute approximate surface area is 154 Å². The molecule has 0 fully saturated rings. The van der Waals surface area contributed by atoms with Crippen LogP contribution in [0.2, 0.25) is 0 Å². The molecule has 138 valence electrons. The van der Waals surface area contributed by atoms with Crippen molar-refractivity contribution >= 4 is 11.9 Å². The fourth-order valence-electron chi connectivity index (χ4n) is 3.62. The second-order valence-corrected chi connectivity index (χ2v) is 6.65. The van der Waals surface area contributed by atoms with Crippen LogP contribution in [0.5, 0.6) is 0 Å². The Morgan fingerprint density at radius 2 is 1.00 bits per heavy atom. The van der Waals surface area contributed by atoms with Gasteiger partial charge in [0.15, 0.2) is 0 Å². The number of carbonyl (C=O) groups is 2. The van der Waals surface area contributed by atoms with Gasteiger partial charge in [-0.3, -0.25) is 9.59 Å². The third kappa shape index (κ3) is 5.19. The summed E-state index contributed by atoms with van der Waals surface area (Å²) in [6.45, 7) is 4.33. The van der Waals surface area contributed by atoms with Crippen molar-refractivity contribution in [1.82, 2.24) is 0 Å². The van der Waals surface area contributed by atoms with Gasteiger partial charge in [-0.25, -0.2) is 0 Å².